The lowest BCUT2D eigenvalue weighted by molar-refractivity contribution is -0.141. The van der Waals surface area contributed by atoms with Crippen LogP contribution < -0.4 is 20.7 Å². The van der Waals surface area contributed by atoms with E-state index in [-0.39, 0.29) is 49.9 Å². The van der Waals surface area contributed by atoms with E-state index in [9.17, 15) is 25.1 Å². The number of nitriles is 1. The number of nitrogens with two attached hydrogens (primary N) is 1. The molecule has 0 radical (unpaired) electrons. The highest BCUT2D eigenvalue weighted by molar-refractivity contribution is 7.16. The van der Waals surface area contributed by atoms with Crippen molar-refractivity contribution in [3.8, 4) is 33.9 Å². The Balaban J connectivity index is 0.743. The van der Waals surface area contributed by atoms with Gasteiger partial charge in [-0.2, -0.15) is 10.2 Å². The number of hydrogen-bond donors (Lipinski definition) is 4. The van der Waals surface area contributed by atoms with Gasteiger partial charge in [0.1, 0.15) is 28.7 Å². The van der Waals surface area contributed by atoms with Crippen LogP contribution in [0.2, 0.25) is 0 Å². The number of nitrogens with zero attached hydrogens (tertiary/aromatic N) is 10. The van der Waals surface area contributed by atoms with Crippen molar-refractivity contribution >= 4 is 45.4 Å². The summed E-state index contributed by atoms with van der Waals surface area (Å²) in [5.41, 5.74) is 11.7. The van der Waals surface area contributed by atoms with E-state index in [1.54, 1.807) is 23.8 Å². The first-order valence-corrected chi connectivity index (χ1v) is 26.0. The Kier molecular flexibility index (Phi) is 15.1. The molecule has 9 rings (SSSR count). The number of rotatable bonds is 17. The fourth-order valence-electron chi connectivity index (χ4n) is 10.2. The molecule has 1 unspecified atom stereocenters. The molecule has 0 spiro atoms. The van der Waals surface area contributed by atoms with Gasteiger partial charge < -0.3 is 49.7 Å². The summed E-state index contributed by atoms with van der Waals surface area (Å²) in [5, 5.41) is 42.1. The van der Waals surface area contributed by atoms with Crippen LogP contribution in [0.3, 0.4) is 0 Å². The zero-order chi connectivity index (χ0) is 49.8. The third-order valence-electron chi connectivity index (χ3n) is 13.9. The molecule has 1 aliphatic carbocycles. The number of benzene rings is 1. The zero-order valence-electron chi connectivity index (χ0n) is 40.4. The molecule has 19 nitrogen and oxygen atoms in total. The number of aromatic nitrogens is 6. The molecular weight excluding hydrogens is 945 g/mol. The Bertz CT molecular complexity index is 2860. The summed E-state index contributed by atoms with van der Waals surface area (Å²) in [6.07, 6.45) is 6.20. The third-order valence-corrected chi connectivity index (χ3v) is 15.9. The number of nitrogens with one attached hydrogen (secondary N) is 1. The van der Waals surface area contributed by atoms with E-state index in [0.29, 0.717) is 57.9 Å². The average molecular weight is 1010 g/mol. The number of unbranched alkanes of at least 4 members (excludes halogenated alkanes) is 1. The number of thiazole rings is 1. The van der Waals surface area contributed by atoms with Crippen LogP contribution in [0.1, 0.15) is 111 Å². The van der Waals surface area contributed by atoms with E-state index >= 15 is 0 Å². The first-order chi connectivity index (χ1) is 34.3. The standard InChI is InChI=1S/C50H60N12O7S2/c1-29(2)41(47(66)62-26-33(64)21-37(62)46(65)54-24-31-10-12-32(13-11-31)43-36(27-63)55-28-70-43)38-22-40(58-68-38)67-20-6-5-17-60-18-8-19-61(30(3)25-60)49-53-16-14-35(56-49)45-57-48(69-59-45)50(4)15-7-9-39-42(50)34(23-51)44(52)71-39/h10-14,16,22,28-30,33,37,41,63-64H,5-9,15,17-21,24-27,52H2,1-4H3,(H,54,65)/t30-,33+,37-,41?,50-/m0/s1. The van der Waals surface area contributed by atoms with E-state index in [0.717, 1.165) is 91.1 Å². The minimum absolute atomic E-state index is 0.0340. The van der Waals surface area contributed by atoms with Crippen molar-refractivity contribution in [1.29, 1.82) is 5.26 Å². The molecule has 5 N–H and O–H groups in total. The third kappa shape index (κ3) is 10.5. The van der Waals surface area contributed by atoms with E-state index in [1.807, 2.05) is 45.0 Å². The quantitative estimate of drug-likeness (QED) is 0.0757. The number of aliphatic hydroxyl groups is 2. The Hall–Kier alpha value is -6.31. The summed E-state index contributed by atoms with van der Waals surface area (Å²) < 4.78 is 17.6. The SMILES string of the molecule is CC(C)C(C(=O)N1C[C@H](O)C[C@H]1C(=O)NCc1ccc(-c2scnc2CO)cc1)c1cc(OCCCCN2CCCN(c3nccc(-c4noc([C@@]5(C)CCCc6sc(N)c(C#N)c65)n4)n3)[C@@H](C)C2)no1. The number of nitrogen functional groups attached to an aromatic ring is 1. The maximum atomic E-state index is 14.2. The van der Waals surface area contributed by atoms with Gasteiger partial charge in [0.05, 0.1) is 46.4 Å². The van der Waals surface area contributed by atoms with Crippen molar-refractivity contribution in [2.45, 2.75) is 115 Å². The van der Waals surface area contributed by atoms with Crippen LogP contribution in [0.5, 0.6) is 5.88 Å². The summed E-state index contributed by atoms with van der Waals surface area (Å²) in [5.74, 6) is 0.478. The van der Waals surface area contributed by atoms with Crippen molar-refractivity contribution in [2.24, 2.45) is 5.92 Å². The molecule has 7 heterocycles. The molecule has 3 aliphatic rings. The Morgan fingerprint density at radius 3 is 2.70 bits per heavy atom. The second-order valence-corrected chi connectivity index (χ2v) is 21.2. The van der Waals surface area contributed by atoms with E-state index in [2.05, 4.69) is 48.4 Å². The second-order valence-electron chi connectivity index (χ2n) is 19.2. The number of fused-ring (bicyclic) bond motifs is 1. The number of aryl methyl sites for hydroxylation is 1. The molecule has 2 saturated heterocycles. The van der Waals surface area contributed by atoms with Crippen LogP contribution in [0.25, 0.3) is 22.0 Å². The summed E-state index contributed by atoms with van der Waals surface area (Å²) in [6.45, 7) is 12.0. The molecule has 0 saturated carbocycles. The highest BCUT2D eigenvalue weighted by Crippen LogP contribution is 2.48. The van der Waals surface area contributed by atoms with Gasteiger partial charge in [0.15, 0.2) is 5.76 Å². The van der Waals surface area contributed by atoms with Crippen molar-refractivity contribution in [1.82, 2.24) is 45.4 Å². The number of β-amino-alcohol motifs (C(OH)–C–C–N with tert-alkyl or cyclic N) is 1. The number of thiophene rings is 1. The number of aliphatic hydroxyl groups excluding tert-OH is 2. The van der Waals surface area contributed by atoms with Crippen molar-refractivity contribution < 1.29 is 33.6 Å². The largest absolute Gasteiger partial charge is 0.476 e. The maximum absolute atomic E-state index is 14.2. The summed E-state index contributed by atoms with van der Waals surface area (Å²) in [7, 11) is 0. The van der Waals surface area contributed by atoms with Crippen LogP contribution >= 0.6 is 22.7 Å². The molecular formula is C50H60N12O7S2. The summed E-state index contributed by atoms with van der Waals surface area (Å²) in [6, 6.07) is 12.7. The van der Waals surface area contributed by atoms with Crippen LogP contribution in [0.15, 0.2) is 57.2 Å². The number of ether oxygens (including phenoxy) is 1. The van der Waals surface area contributed by atoms with Crippen LogP contribution in [0, 0.1) is 17.2 Å². The minimum Gasteiger partial charge on any atom is -0.476 e. The van der Waals surface area contributed by atoms with Crippen molar-refractivity contribution in [2.75, 3.05) is 50.0 Å². The fraction of sp³-hybridized carbons (Fsp3) is 0.500. The molecule has 5 atom stereocenters. The lowest BCUT2D eigenvalue weighted by atomic mass is 9.72. The first kappa shape index (κ1) is 49.7. The van der Waals surface area contributed by atoms with Gasteiger partial charge in [-0.15, -0.1) is 22.7 Å². The Morgan fingerprint density at radius 1 is 1.08 bits per heavy atom. The Labute approximate surface area is 420 Å². The van der Waals surface area contributed by atoms with Gasteiger partial charge in [0, 0.05) is 61.3 Å². The lowest BCUT2D eigenvalue weighted by Crippen LogP contribution is -2.48. The zero-order valence-corrected chi connectivity index (χ0v) is 42.0. The maximum Gasteiger partial charge on any atom is 0.254 e. The molecule has 374 valence electrons. The van der Waals surface area contributed by atoms with Crippen molar-refractivity contribution in [3.63, 3.8) is 0 Å². The highest BCUT2D eigenvalue weighted by atomic mass is 32.1. The van der Waals surface area contributed by atoms with Crippen LogP contribution in [-0.2, 0) is 34.6 Å². The van der Waals surface area contributed by atoms with Crippen LogP contribution in [-0.4, -0.2) is 120 Å². The molecule has 6 aromatic rings. The second kappa shape index (κ2) is 21.6. The molecule has 2 fully saturated rings. The normalized spacial score (nSPS) is 21.0. The molecule has 71 heavy (non-hydrogen) atoms. The van der Waals surface area contributed by atoms with E-state index in [4.69, 9.17) is 29.5 Å². The highest BCUT2D eigenvalue weighted by Gasteiger charge is 2.45. The topological polar surface area (TPSA) is 259 Å². The Morgan fingerprint density at radius 2 is 1.92 bits per heavy atom. The van der Waals surface area contributed by atoms with Gasteiger partial charge in [-0.3, -0.25) is 9.59 Å². The molecule has 1 aromatic carbocycles. The molecule has 21 heteroatoms. The van der Waals surface area contributed by atoms with Gasteiger partial charge >= 0.3 is 0 Å². The lowest BCUT2D eigenvalue weighted by Gasteiger charge is -2.30. The summed E-state index contributed by atoms with van der Waals surface area (Å²) >= 11 is 2.92. The number of amides is 2. The molecule has 2 aliphatic heterocycles. The van der Waals surface area contributed by atoms with Gasteiger partial charge in [-0.05, 0) is 93.7 Å². The predicted molar refractivity (Wildman–Crippen MR) is 266 cm³/mol. The summed E-state index contributed by atoms with van der Waals surface area (Å²) in [4.78, 5) is 54.5. The predicted octanol–water partition coefficient (Wildman–Crippen LogP) is 6.07. The van der Waals surface area contributed by atoms with Crippen molar-refractivity contribution in [3.05, 3.63) is 87.0 Å². The number of carbonyl (C=O) groups is 2. The van der Waals surface area contributed by atoms with Gasteiger partial charge in [-0.1, -0.05) is 43.3 Å². The number of carbonyl (C=O) groups excluding carboxylic acids is 2. The average Bonchev–Trinajstić information content (AvgIpc) is 4.23. The van der Waals surface area contributed by atoms with E-state index < -0.39 is 23.5 Å². The molecule has 5 aromatic heterocycles. The number of anilines is 2. The smallest absolute Gasteiger partial charge is 0.254 e. The van der Waals surface area contributed by atoms with Gasteiger partial charge in [0.2, 0.25) is 29.5 Å². The molecule has 2 amide bonds. The molecule has 0 bridgehead atoms. The van der Waals surface area contributed by atoms with Crippen LogP contribution in [0.4, 0.5) is 10.9 Å². The fourth-order valence-corrected chi connectivity index (χ4v) is 12.2. The monoisotopic (exact) mass is 1000 g/mol. The minimum atomic E-state index is -0.846. The van der Waals surface area contributed by atoms with Gasteiger partial charge in [-0.25, -0.2) is 15.0 Å². The number of hydrogen-bond acceptors (Lipinski definition) is 19. The van der Waals surface area contributed by atoms with Gasteiger partial charge in [0.25, 0.3) is 5.88 Å². The first-order valence-electron chi connectivity index (χ1n) is 24.3. The van der Waals surface area contributed by atoms with E-state index in [1.165, 1.54) is 27.6 Å². The number of likely N-dealkylation sites (tertiary alicyclic amines) is 1.